The predicted molar refractivity (Wildman–Crippen MR) is 96.7 cm³/mol. The molecular weight excluding hydrogens is 360 g/mol. The fourth-order valence-electron chi connectivity index (χ4n) is 2.16. The van der Waals surface area contributed by atoms with Gasteiger partial charge in [-0.3, -0.25) is 0 Å². The molecular formula is C17H24N2O6S. The van der Waals surface area contributed by atoms with Crippen LogP contribution in [0.3, 0.4) is 0 Å². The van der Waals surface area contributed by atoms with Gasteiger partial charge >= 0.3 is 0 Å². The van der Waals surface area contributed by atoms with Crippen molar-refractivity contribution in [1.29, 1.82) is 0 Å². The third kappa shape index (κ3) is 6.75. The largest absolute Gasteiger partial charge is 0.497 e. The molecule has 1 N–H and O–H groups in total. The summed E-state index contributed by atoms with van der Waals surface area (Å²) in [6.45, 7) is 1.18. The molecule has 1 aromatic carbocycles. The highest BCUT2D eigenvalue weighted by atomic mass is 32.2. The zero-order chi connectivity index (χ0) is 18.8. The fraction of sp³-hybridized carbons (Fsp3) is 0.471. The van der Waals surface area contributed by atoms with Crippen LogP contribution in [0.15, 0.2) is 34.9 Å². The minimum atomic E-state index is -3.38. The van der Waals surface area contributed by atoms with Gasteiger partial charge in [-0.2, -0.15) is 0 Å². The zero-order valence-corrected chi connectivity index (χ0v) is 15.8. The van der Waals surface area contributed by atoms with E-state index in [4.69, 9.17) is 18.7 Å². The van der Waals surface area contributed by atoms with Crippen molar-refractivity contribution in [2.24, 2.45) is 0 Å². The Kier molecular flexibility index (Phi) is 8.05. The molecule has 8 nitrogen and oxygen atoms in total. The molecule has 0 fully saturated rings. The molecule has 1 heterocycles. The fourth-order valence-corrected chi connectivity index (χ4v) is 3.06. The number of nitrogens with zero attached hydrogens (tertiary/aromatic N) is 1. The molecule has 0 atom stereocenters. The standard InChI is InChI=1S/C17H24N2O6S/c1-22-8-9-24-10-11-26(20,21)18-7-6-15-13-17(25-19-15)14-4-3-5-16(12-14)23-2/h3-5,12-13,18H,6-11H2,1-2H3. The van der Waals surface area contributed by atoms with E-state index in [0.717, 1.165) is 11.3 Å². The molecule has 0 radical (unpaired) electrons. The number of nitrogens with one attached hydrogen (secondary N) is 1. The molecule has 2 aromatic rings. The van der Waals surface area contributed by atoms with Gasteiger partial charge in [0, 0.05) is 31.7 Å². The van der Waals surface area contributed by atoms with Crippen molar-refractivity contribution in [2.75, 3.05) is 46.3 Å². The summed E-state index contributed by atoms with van der Waals surface area (Å²) < 4.78 is 46.8. The lowest BCUT2D eigenvalue weighted by Crippen LogP contribution is -2.30. The molecule has 2 rings (SSSR count). The van der Waals surface area contributed by atoms with Crippen molar-refractivity contribution in [3.05, 3.63) is 36.0 Å². The Labute approximate surface area is 153 Å². The van der Waals surface area contributed by atoms with E-state index < -0.39 is 10.0 Å². The molecule has 1 aromatic heterocycles. The summed E-state index contributed by atoms with van der Waals surface area (Å²) in [4.78, 5) is 0. The van der Waals surface area contributed by atoms with Gasteiger partial charge in [0.1, 0.15) is 5.75 Å². The average Bonchev–Trinajstić information content (AvgIpc) is 3.10. The number of ether oxygens (including phenoxy) is 3. The summed E-state index contributed by atoms with van der Waals surface area (Å²) >= 11 is 0. The van der Waals surface area contributed by atoms with E-state index >= 15 is 0 Å². The number of aromatic nitrogens is 1. The van der Waals surface area contributed by atoms with Crippen molar-refractivity contribution < 1.29 is 27.2 Å². The van der Waals surface area contributed by atoms with E-state index in [1.54, 1.807) is 20.3 Å². The van der Waals surface area contributed by atoms with Gasteiger partial charge in [0.2, 0.25) is 10.0 Å². The van der Waals surface area contributed by atoms with Gasteiger partial charge in [-0.1, -0.05) is 17.3 Å². The predicted octanol–water partition coefficient (Wildman–Crippen LogP) is 1.48. The lowest BCUT2D eigenvalue weighted by atomic mass is 10.1. The van der Waals surface area contributed by atoms with E-state index in [9.17, 15) is 8.42 Å². The quantitative estimate of drug-likeness (QED) is 0.553. The lowest BCUT2D eigenvalue weighted by Gasteiger charge is -2.06. The Bertz CT molecular complexity index is 775. The maximum Gasteiger partial charge on any atom is 0.213 e. The van der Waals surface area contributed by atoms with Crippen molar-refractivity contribution >= 4 is 10.0 Å². The summed E-state index contributed by atoms with van der Waals surface area (Å²) in [6, 6.07) is 9.22. The number of hydrogen-bond donors (Lipinski definition) is 1. The van der Waals surface area contributed by atoms with Crippen LogP contribution < -0.4 is 9.46 Å². The number of hydrogen-bond acceptors (Lipinski definition) is 7. The zero-order valence-electron chi connectivity index (χ0n) is 14.9. The Balaban J connectivity index is 1.78. The summed E-state index contributed by atoms with van der Waals surface area (Å²) in [5.74, 6) is 1.24. The Hall–Kier alpha value is -1.94. The summed E-state index contributed by atoms with van der Waals surface area (Å²) in [5.41, 5.74) is 1.51. The van der Waals surface area contributed by atoms with Crippen LogP contribution in [0.4, 0.5) is 0 Å². The molecule has 0 aliphatic carbocycles. The molecule has 0 bridgehead atoms. The van der Waals surface area contributed by atoms with Crippen LogP contribution >= 0.6 is 0 Å². The number of benzene rings is 1. The first-order valence-electron chi connectivity index (χ1n) is 8.18. The molecule has 0 aliphatic rings. The minimum Gasteiger partial charge on any atom is -0.497 e. The van der Waals surface area contributed by atoms with Gasteiger partial charge in [-0.25, -0.2) is 13.1 Å². The van der Waals surface area contributed by atoms with Crippen LogP contribution in [-0.2, 0) is 25.9 Å². The first-order chi connectivity index (χ1) is 12.5. The molecule has 0 unspecified atom stereocenters. The average molecular weight is 384 g/mol. The molecule has 26 heavy (non-hydrogen) atoms. The summed E-state index contributed by atoms with van der Waals surface area (Å²) in [5, 5.41) is 3.97. The minimum absolute atomic E-state index is 0.0927. The second-order valence-corrected chi connectivity index (χ2v) is 7.41. The molecule has 9 heteroatoms. The third-order valence-corrected chi connectivity index (χ3v) is 4.89. The van der Waals surface area contributed by atoms with Crippen LogP contribution in [0.2, 0.25) is 0 Å². The normalized spacial score (nSPS) is 11.6. The Morgan fingerprint density at radius 2 is 2.00 bits per heavy atom. The third-order valence-electron chi connectivity index (χ3n) is 3.54. The van der Waals surface area contributed by atoms with Gasteiger partial charge in [0.15, 0.2) is 5.76 Å². The molecule has 0 amide bonds. The van der Waals surface area contributed by atoms with Gasteiger partial charge < -0.3 is 18.7 Å². The van der Waals surface area contributed by atoms with Gasteiger partial charge in [0.25, 0.3) is 0 Å². The van der Waals surface area contributed by atoms with Crippen LogP contribution in [0.1, 0.15) is 5.69 Å². The van der Waals surface area contributed by atoms with Crippen molar-refractivity contribution in [1.82, 2.24) is 9.88 Å². The second kappa shape index (κ2) is 10.3. The van der Waals surface area contributed by atoms with E-state index in [1.807, 2.05) is 24.3 Å². The summed E-state index contributed by atoms with van der Waals surface area (Å²) in [7, 11) is -0.226. The molecule has 0 aliphatic heterocycles. The number of sulfonamides is 1. The SMILES string of the molecule is COCCOCCS(=O)(=O)NCCc1cc(-c2cccc(OC)c2)on1. The smallest absolute Gasteiger partial charge is 0.213 e. The van der Waals surface area contributed by atoms with Crippen molar-refractivity contribution in [3.63, 3.8) is 0 Å². The molecule has 0 spiro atoms. The highest BCUT2D eigenvalue weighted by molar-refractivity contribution is 7.89. The van der Waals surface area contributed by atoms with Crippen LogP contribution in [0, 0.1) is 0 Å². The van der Waals surface area contributed by atoms with Crippen LogP contribution in [-0.4, -0.2) is 59.9 Å². The van der Waals surface area contributed by atoms with Gasteiger partial charge in [0.05, 0.1) is 38.4 Å². The van der Waals surface area contributed by atoms with Gasteiger partial charge in [-0.05, 0) is 12.1 Å². The lowest BCUT2D eigenvalue weighted by molar-refractivity contribution is 0.0784. The first-order valence-corrected chi connectivity index (χ1v) is 9.83. The maximum absolute atomic E-state index is 11.9. The maximum atomic E-state index is 11.9. The first kappa shape index (κ1) is 20.4. The molecule has 0 saturated carbocycles. The van der Waals surface area contributed by atoms with E-state index in [2.05, 4.69) is 9.88 Å². The van der Waals surface area contributed by atoms with Crippen molar-refractivity contribution in [3.8, 4) is 17.1 Å². The number of methoxy groups -OCH3 is 2. The van der Waals surface area contributed by atoms with E-state index in [-0.39, 0.29) is 18.9 Å². The van der Waals surface area contributed by atoms with Gasteiger partial charge in [-0.15, -0.1) is 0 Å². The van der Waals surface area contributed by atoms with Crippen molar-refractivity contribution in [2.45, 2.75) is 6.42 Å². The monoisotopic (exact) mass is 384 g/mol. The highest BCUT2D eigenvalue weighted by Gasteiger charge is 2.11. The second-order valence-electron chi connectivity index (χ2n) is 5.48. The van der Waals surface area contributed by atoms with Crippen LogP contribution in [0.25, 0.3) is 11.3 Å². The molecule has 144 valence electrons. The topological polar surface area (TPSA) is 99.9 Å². The Morgan fingerprint density at radius 1 is 1.15 bits per heavy atom. The van der Waals surface area contributed by atoms with Crippen LogP contribution in [0.5, 0.6) is 5.75 Å². The number of rotatable bonds is 12. The Morgan fingerprint density at radius 3 is 2.77 bits per heavy atom. The van der Waals surface area contributed by atoms with E-state index in [0.29, 0.717) is 31.1 Å². The summed E-state index contributed by atoms with van der Waals surface area (Å²) in [6.07, 6.45) is 0.428. The highest BCUT2D eigenvalue weighted by Crippen LogP contribution is 2.24. The molecule has 0 saturated heterocycles. The van der Waals surface area contributed by atoms with E-state index in [1.165, 1.54) is 0 Å².